The molecule has 7 heteroatoms. The number of nitrogens with zero attached hydrogens (tertiary/aromatic N) is 1. The van der Waals surface area contributed by atoms with Crippen LogP contribution >= 0.6 is 0 Å². The summed E-state index contributed by atoms with van der Waals surface area (Å²) in [4.78, 5) is 4.78. The van der Waals surface area contributed by atoms with E-state index in [0.717, 1.165) is 18.7 Å². The van der Waals surface area contributed by atoms with E-state index in [4.69, 9.17) is 9.73 Å². The number of rotatable bonds is 3. The number of allylic oxidation sites excluding steroid dienone is 1. The molecule has 0 N–H and O–H groups in total. The Hall–Kier alpha value is -1.79. The molecule has 3 rings (SSSR count). The molecule has 1 aromatic carbocycles. The van der Waals surface area contributed by atoms with Gasteiger partial charge in [0, 0.05) is 18.7 Å². The Morgan fingerprint density at radius 1 is 1.00 bits per heavy atom. The summed E-state index contributed by atoms with van der Waals surface area (Å²) >= 11 is 0. The van der Waals surface area contributed by atoms with E-state index in [9.17, 15) is 17.3 Å². The van der Waals surface area contributed by atoms with Crippen molar-refractivity contribution >= 4 is 13.0 Å². The lowest BCUT2D eigenvalue weighted by Crippen LogP contribution is -2.18. The Balaban J connectivity index is 0.000000368. The molecule has 0 aromatic heterocycles. The van der Waals surface area contributed by atoms with Gasteiger partial charge < -0.3 is 22.0 Å². The highest BCUT2D eigenvalue weighted by Crippen LogP contribution is 2.31. The maximum atomic E-state index is 9.75. The summed E-state index contributed by atoms with van der Waals surface area (Å²) in [6, 6.07) is 8.38. The molecule has 1 aromatic rings. The summed E-state index contributed by atoms with van der Waals surface area (Å²) < 4.78 is 44.2. The first-order chi connectivity index (χ1) is 11.4. The minimum absolute atomic E-state index is 0.923. The SMILES string of the molecule is COc1ccc(CC2=NCCC3=C2CCCC3)cc1.F[B-](F)(F)F. The van der Waals surface area contributed by atoms with E-state index < -0.39 is 7.25 Å². The van der Waals surface area contributed by atoms with Crippen LogP contribution in [0.4, 0.5) is 17.3 Å². The number of methoxy groups -OCH3 is 1. The molecule has 0 saturated carbocycles. The molecule has 0 amide bonds. The van der Waals surface area contributed by atoms with E-state index in [1.54, 1.807) is 18.3 Å². The van der Waals surface area contributed by atoms with Gasteiger partial charge in [-0.15, -0.1) is 0 Å². The second kappa shape index (κ2) is 8.35. The van der Waals surface area contributed by atoms with Crippen LogP contribution in [0.5, 0.6) is 5.75 Å². The zero-order chi connectivity index (χ0) is 17.6. The third kappa shape index (κ3) is 6.02. The highest BCUT2D eigenvalue weighted by molar-refractivity contribution is 6.50. The van der Waals surface area contributed by atoms with Crippen LogP contribution < -0.4 is 4.74 Å². The third-order valence-electron chi connectivity index (χ3n) is 4.18. The number of halogens is 4. The number of hydrogen-bond acceptors (Lipinski definition) is 2. The summed E-state index contributed by atoms with van der Waals surface area (Å²) in [5, 5.41) is 0. The molecule has 0 radical (unpaired) electrons. The zero-order valence-electron chi connectivity index (χ0n) is 13.7. The Bertz CT molecular complexity index is 602. The van der Waals surface area contributed by atoms with Crippen LogP contribution in [0, 0.1) is 0 Å². The number of ether oxygens (including phenoxy) is 1. The Kier molecular flexibility index (Phi) is 6.46. The summed E-state index contributed by atoms with van der Waals surface area (Å²) in [7, 11) is -4.29. The second-order valence-electron chi connectivity index (χ2n) is 5.89. The van der Waals surface area contributed by atoms with Gasteiger partial charge in [0.25, 0.3) is 0 Å². The molecule has 1 aliphatic heterocycles. The largest absolute Gasteiger partial charge is 0.673 e. The first kappa shape index (κ1) is 18.6. The zero-order valence-corrected chi connectivity index (χ0v) is 13.7. The van der Waals surface area contributed by atoms with E-state index in [1.165, 1.54) is 43.4 Å². The average Bonchev–Trinajstić information content (AvgIpc) is 2.54. The molecule has 0 bridgehead atoms. The van der Waals surface area contributed by atoms with Crippen molar-refractivity contribution < 1.29 is 22.0 Å². The van der Waals surface area contributed by atoms with Crippen LogP contribution in [0.15, 0.2) is 40.4 Å². The molecule has 0 fully saturated rings. The van der Waals surface area contributed by atoms with Crippen molar-refractivity contribution in [3.05, 3.63) is 41.0 Å². The van der Waals surface area contributed by atoms with Gasteiger partial charge in [-0.3, -0.25) is 4.99 Å². The molecule has 1 aliphatic carbocycles. The average molecular weight is 342 g/mol. The van der Waals surface area contributed by atoms with Gasteiger partial charge in [0.15, 0.2) is 0 Å². The fraction of sp³-hybridized carbons (Fsp3) is 0.471. The van der Waals surface area contributed by atoms with Crippen molar-refractivity contribution in [2.24, 2.45) is 4.99 Å². The molecule has 1 heterocycles. The lowest BCUT2D eigenvalue weighted by Gasteiger charge is -2.25. The molecule has 2 nitrogen and oxygen atoms in total. The van der Waals surface area contributed by atoms with Crippen molar-refractivity contribution in [2.75, 3.05) is 13.7 Å². The van der Waals surface area contributed by atoms with E-state index in [0.29, 0.717) is 0 Å². The number of aliphatic imine (C=N–C) groups is 1. The van der Waals surface area contributed by atoms with Gasteiger partial charge >= 0.3 is 7.25 Å². The predicted octanol–water partition coefficient (Wildman–Crippen LogP) is 5.25. The van der Waals surface area contributed by atoms with Crippen molar-refractivity contribution in [1.82, 2.24) is 0 Å². The van der Waals surface area contributed by atoms with Crippen LogP contribution in [0.1, 0.15) is 37.7 Å². The topological polar surface area (TPSA) is 21.6 Å². The van der Waals surface area contributed by atoms with Gasteiger partial charge in [0.1, 0.15) is 5.75 Å². The van der Waals surface area contributed by atoms with Crippen LogP contribution in [0.25, 0.3) is 0 Å². The van der Waals surface area contributed by atoms with Crippen molar-refractivity contribution in [2.45, 2.75) is 38.5 Å². The monoisotopic (exact) mass is 342 g/mol. The lowest BCUT2D eigenvalue weighted by molar-refractivity contribution is 0.368. The molecule has 0 spiro atoms. The fourth-order valence-electron chi connectivity index (χ4n) is 3.11. The normalized spacial score (nSPS) is 17.5. The van der Waals surface area contributed by atoms with Gasteiger partial charge in [-0.2, -0.15) is 0 Å². The van der Waals surface area contributed by atoms with Gasteiger partial charge in [-0.1, -0.05) is 17.7 Å². The standard InChI is InChI=1S/C17H21NO.BF4/c1-19-15-8-6-13(7-9-15)12-17-16-5-3-2-4-14(16)10-11-18-17;2-1(3,4)5/h6-9H,2-5,10-12H2,1H3;/q;-1. The first-order valence-electron chi connectivity index (χ1n) is 8.11. The van der Waals surface area contributed by atoms with Crippen LogP contribution in [-0.2, 0) is 6.42 Å². The van der Waals surface area contributed by atoms with E-state index in [2.05, 4.69) is 12.1 Å². The minimum Gasteiger partial charge on any atom is -0.497 e. The predicted molar refractivity (Wildman–Crippen MR) is 89.3 cm³/mol. The van der Waals surface area contributed by atoms with Crippen LogP contribution in [0.3, 0.4) is 0 Å². The summed E-state index contributed by atoms with van der Waals surface area (Å²) in [5.74, 6) is 0.923. The summed E-state index contributed by atoms with van der Waals surface area (Å²) in [6.07, 6.45) is 7.42. The van der Waals surface area contributed by atoms with Gasteiger partial charge in [-0.25, -0.2) is 0 Å². The second-order valence-corrected chi connectivity index (χ2v) is 5.89. The molecule has 0 unspecified atom stereocenters. The Labute approximate surface area is 139 Å². The first-order valence-corrected chi connectivity index (χ1v) is 8.11. The Morgan fingerprint density at radius 2 is 1.62 bits per heavy atom. The summed E-state index contributed by atoms with van der Waals surface area (Å²) in [6.45, 7) is 0.990. The van der Waals surface area contributed by atoms with Crippen molar-refractivity contribution in [1.29, 1.82) is 0 Å². The molecular formula is C17H21BF4NO-. The molecular weight excluding hydrogens is 321 g/mol. The molecule has 2 aliphatic rings. The smallest absolute Gasteiger partial charge is 0.497 e. The number of benzene rings is 1. The Morgan fingerprint density at radius 3 is 2.25 bits per heavy atom. The third-order valence-corrected chi connectivity index (χ3v) is 4.18. The molecule has 132 valence electrons. The maximum Gasteiger partial charge on any atom is 0.673 e. The highest BCUT2D eigenvalue weighted by atomic mass is 19.5. The van der Waals surface area contributed by atoms with Gasteiger partial charge in [-0.05, 0) is 55.4 Å². The van der Waals surface area contributed by atoms with E-state index in [-0.39, 0.29) is 0 Å². The lowest BCUT2D eigenvalue weighted by atomic mass is 9.84. The number of dihydropyridines is 1. The minimum atomic E-state index is -6.00. The summed E-state index contributed by atoms with van der Waals surface area (Å²) in [5.41, 5.74) is 5.93. The number of hydrogen-bond donors (Lipinski definition) is 0. The van der Waals surface area contributed by atoms with E-state index >= 15 is 0 Å². The molecule has 0 atom stereocenters. The van der Waals surface area contributed by atoms with Crippen LogP contribution in [0.2, 0.25) is 0 Å². The van der Waals surface area contributed by atoms with Gasteiger partial charge in [0.05, 0.1) is 7.11 Å². The van der Waals surface area contributed by atoms with Crippen molar-refractivity contribution in [3.8, 4) is 5.75 Å². The van der Waals surface area contributed by atoms with Crippen molar-refractivity contribution in [3.63, 3.8) is 0 Å². The van der Waals surface area contributed by atoms with Gasteiger partial charge in [0.2, 0.25) is 0 Å². The highest BCUT2D eigenvalue weighted by Gasteiger charge is 2.21. The fourth-order valence-corrected chi connectivity index (χ4v) is 3.11. The quantitative estimate of drug-likeness (QED) is 0.543. The van der Waals surface area contributed by atoms with Crippen LogP contribution in [-0.4, -0.2) is 26.6 Å². The maximum absolute atomic E-state index is 9.75. The molecule has 24 heavy (non-hydrogen) atoms. The molecule has 0 saturated heterocycles. The van der Waals surface area contributed by atoms with E-state index in [1.807, 2.05) is 12.1 Å².